The Kier molecular flexibility index (Phi) is 3.53. The molecule has 0 spiro atoms. The highest BCUT2D eigenvalue weighted by Gasteiger charge is 2.18. The first-order valence-electron chi connectivity index (χ1n) is 5.51. The van der Waals surface area contributed by atoms with Gasteiger partial charge < -0.3 is 10.4 Å². The molecule has 10 heteroatoms. The van der Waals surface area contributed by atoms with E-state index in [1.807, 2.05) is 13.8 Å². The van der Waals surface area contributed by atoms with E-state index in [2.05, 4.69) is 35.8 Å². The van der Waals surface area contributed by atoms with Crippen LogP contribution >= 0.6 is 0 Å². The van der Waals surface area contributed by atoms with Crippen molar-refractivity contribution in [1.82, 2.24) is 29.7 Å². The molecule has 0 radical (unpaired) electrons. The first kappa shape index (κ1) is 13.1. The van der Waals surface area contributed by atoms with Gasteiger partial charge in [-0.25, -0.2) is 10.8 Å². The molecular weight excluding hydrogens is 250 g/mol. The largest absolute Gasteiger partial charge is 0.394 e. The summed E-state index contributed by atoms with van der Waals surface area (Å²) in [6.07, 6.45) is 2.82. The molecule has 0 unspecified atom stereocenters. The summed E-state index contributed by atoms with van der Waals surface area (Å²) < 4.78 is 1.37. The zero-order chi connectivity index (χ0) is 13.9. The van der Waals surface area contributed by atoms with Gasteiger partial charge in [0.05, 0.1) is 12.1 Å². The second-order valence-electron chi connectivity index (χ2n) is 4.43. The number of anilines is 2. The van der Waals surface area contributed by atoms with Gasteiger partial charge in [0.2, 0.25) is 11.9 Å². The number of nitrogens with one attached hydrogen (secondary N) is 2. The molecule has 0 atom stereocenters. The van der Waals surface area contributed by atoms with Crippen molar-refractivity contribution in [3.05, 3.63) is 12.7 Å². The number of hydrazine groups is 1. The molecule has 2 aromatic heterocycles. The van der Waals surface area contributed by atoms with Crippen LogP contribution in [-0.4, -0.2) is 47.0 Å². The minimum atomic E-state index is -0.577. The SMILES string of the molecule is CC(C)(CO)Nc1nc(NN)nc(-n2cncn2)n1. The highest BCUT2D eigenvalue weighted by molar-refractivity contribution is 5.38. The molecule has 0 aliphatic heterocycles. The Morgan fingerprint density at radius 2 is 2.05 bits per heavy atom. The van der Waals surface area contributed by atoms with Crippen molar-refractivity contribution in [3.8, 4) is 5.95 Å². The van der Waals surface area contributed by atoms with Crippen LogP contribution in [0.4, 0.5) is 11.9 Å². The number of nitrogens with zero attached hydrogens (tertiary/aromatic N) is 6. The number of aromatic nitrogens is 6. The second-order valence-corrected chi connectivity index (χ2v) is 4.43. The van der Waals surface area contributed by atoms with Crippen LogP contribution in [0.3, 0.4) is 0 Å². The van der Waals surface area contributed by atoms with Crippen molar-refractivity contribution < 1.29 is 5.11 Å². The van der Waals surface area contributed by atoms with Gasteiger partial charge in [0, 0.05) is 0 Å². The smallest absolute Gasteiger partial charge is 0.258 e. The monoisotopic (exact) mass is 265 g/mol. The quantitative estimate of drug-likeness (QED) is 0.392. The molecule has 0 bridgehead atoms. The zero-order valence-electron chi connectivity index (χ0n) is 10.6. The highest BCUT2D eigenvalue weighted by atomic mass is 16.3. The zero-order valence-corrected chi connectivity index (χ0v) is 10.6. The van der Waals surface area contributed by atoms with Crippen LogP contribution in [0.1, 0.15) is 13.8 Å². The van der Waals surface area contributed by atoms with E-state index in [1.54, 1.807) is 0 Å². The summed E-state index contributed by atoms with van der Waals surface area (Å²) >= 11 is 0. The van der Waals surface area contributed by atoms with E-state index in [4.69, 9.17) is 5.84 Å². The van der Waals surface area contributed by atoms with Crippen LogP contribution in [0.2, 0.25) is 0 Å². The molecule has 10 nitrogen and oxygen atoms in total. The minimum absolute atomic E-state index is 0.0806. The molecule has 19 heavy (non-hydrogen) atoms. The number of aliphatic hydroxyl groups is 1. The summed E-state index contributed by atoms with van der Waals surface area (Å²) in [5.74, 6) is 6.02. The van der Waals surface area contributed by atoms with E-state index in [0.717, 1.165) is 0 Å². The summed E-state index contributed by atoms with van der Waals surface area (Å²) in [6, 6.07) is 0. The Hall–Kier alpha value is -2.33. The molecule has 5 N–H and O–H groups in total. The summed E-state index contributed by atoms with van der Waals surface area (Å²) in [7, 11) is 0. The Balaban J connectivity index is 2.37. The molecule has 0 saturated heterocycles. The molecule has 2 rings (SSSR count). The number of hydrogen-bond donors (Lipinski definition) is 4. The van der Waals surface area contributed by atoms with Crippen molar-refractivity contribution in [2.45, 2.75) is 19.4 Å². The van der Waals surface area contributed by atoms with Crippen LogP contribution in [0, 0.1) is 0 Å². The maximum Gasteiger partial charge on any atom is 0.258 e. The predicted molar refractivity (Wildman–Crippen MR) is 67.3 cm³/mol. The van der Waals surface area contributed by atoms with Crippen LogP contribution in [-0.2, 0) is 0 Å². The predicted octanol–water partition coefficient (Wildman–Crippen LogP) is -1.08. The van der Waals surface area contributed by atoms with Gasteiger partial charge in [-0.2, -0.15) is 24.7 Å². The van der Waals surface area contributed by atoms with Gasteiger partial charge in [0.15, 0.2) is 0 Å². The van der Waals surface area contributed by atoms with Crippen LogP contribution < -0.4 is 16.6 Å². The van der Waals surface area contributed by atoms with Crippen molar-refractivity contribution in [3.63, 3.8) is 0 Å². The molecule has 2 heterocycles. The fourth-order valence-electron chi connectivity index (χ4n) is 1.24. The Morgan fingerprint density at radius 3 is 2.63 bits per heavy atom. The number of nitrogen functional groups attached to an aromatic ring is 1. The maximum atomic E-state index is 9.23. The van der Waals surface area contributed by atoms with Crippen molar-refractivity contribution in [2.75, 3.05) is 17.3 Å². The number of aliphatic hydroxyl groups excluding tert-OH is 1. The molecular formula is C9H15N9O. The lowest BCUT2D eigenvalue weighted by molar-refractivity contribution is 0.233. The van der Waals surface area contributed by atoms with Gasteiger partial charge in [-0.3, -0.25) is 5.43 Å². The summed E-state index contributed by atoms with van der Waals surface area (Å²) in [5, 5.41) is 16.1. The Labute approximate surface area is 109 Å². The van der Waals surface area contributed by atoms with E-state index in [1.165, 1.54) is 17.3 Å². The fraction of sp³-hybridized carbons (Fsp3) is 0.444. The van der Waals surface area contributed by atoms with E-state index in [9.17, 15) is 5.11 Å². The van der Waals surface area contributed by atoms with Gasteiger partial charge in [-0.15, -0.1) is 0 Å². The highest BCUT2D eigenvalue weighted by Crippen LogP contribution is 2.13. The number of rotatable bonds is 5. The lowest BCUT2D eigenvalue weighted by Crippen LogP contribution is -2.36. The lowest BCUT2D eigenvalue weighted by Gasteiger charge is -2.23. The van der Waals surface area contributed by atoms with Gasteiger partial charge >= 0.3 is 0 Å². The van der Waals surface area contributed by atoms with Crippen LogP contribution in [0.5, 0.6) is 0 Å². The van der Waals surface area contributed by atoms with Gasteiger partial charge in [0.1, 0.15) is 12.7 Å². The van der Waals surface area contributed by atoms with Crippen LogP contribution in [0.25, 0.3) is 5.95 Å². The first-order chi connectivity index (χ1) is 9.04. The van der Waals surface area contributed by atoms with E-state index in [0.29, 0.717) is 0 Å². The van der Waals surface area contributed by atoms with Crippen LogP contribution in [0.15, 0.2) is 12.7 Å². The van der Waals surface area contributed by atoms with Gasteiger partial charge in [0.25, 0.3) is 5.95 Å². The minimum Gasteiger partial charge on any atom is -0.394 e. The average molecular weight is 265 g/mol. The Morgan fingerprint density at radius 1 is 1.32 bits per heavy atom. The molecule has 102 valence electrons. The summed E-state index contributed by atoms with van der Waals surface area (Å²) in [6.45, 7) is 3.53. The third-order valence-electron chi connectivity index (χ3n) is 2.22. The maximum absolute atomic E-state index is 9.23. The topological polar surface area (TPSA) is 140 Å². The summed E-state index contributed by atoms with van der Waals surface area (Å²) in [5.41, 5.74) is 1.77. The third kappa shape index (κ3) is 3.11. The van der Waals surface area contributed by atoms with Crippen molar-refractivity contribution >= 4 is 11.9 Å². The fourth-order valence-corrected chi connectivity index (χ4v) is 1.24. The number of nitrogens with two attached hydrogens (primary N) is 1. The van der Waals surface area contributed by atoms with Crippen molar-refractivity contribution in [1.29, 1.82) is 0 Å². The van der Waals surface area contributed by atoms with E-state index in [-0.39, 0.29) is 24.5 Å². The number of hydrogen-bond acceptors (Lipinski definition) is 9. The van der Waals surface area contributed by atoms with E-state index < -0.39 is 5.54 Å². The lowest BCUT2D eigenvalue weighted by atomic mass is 10.1. The average Bonchev–Trinajstić information content (AvgIpc) is 2.91. The first-order valence-corrected chi connectivity index (χ1v) is 5.51. The van der Waals surface area contributed by atoms with E-state index >= 15 is 0 Å². The molecule has 0 saturated carbocycles. The molecule has 0 aliphatic rings. The molecule has 0 aromatic carbocycles. The van der Waals surface area contributed by atoms with Crippen molar-refractivity contribution in [2.24, 2.45) is 5.84 Å². The molecule has 2 aromatic rings. The van der Waals surface area contributed by atoms with Gasteiger partial charge in [-0.1, -0.05) is 0 Å². The summed E-state index contributed by atoms with van der Waals surface area (Å²) in [4.78, 5) is 16.1. The molecule has 0 aliphatic carbocycles. The third-order valence-corrected chi connectivity index (χ3v) is 2.22. The second kappa shape index (κ2) is 5.12. The standard InChI is InChI=1S/C9H15N9O/c1-9(2,3-19)16-6-13-7(17-10)15-8(14-6)18-5-11-4-12-18/h4-5,19H,3,10H2,1-2H3,(H2,13,14,15,16,17). The Bertz CT molecular complexity index is 539. The molecule has 0 fully saturated rings. The molecule has 0 amide bonds. The van der Waals surface area contributed by atoms with Gasteiger partial charge in [-0.05, 0) is 13.8 Å². The normalized spacial score (nSPS) is 11.4.